The van der Waals surface area contributed by atoms with Gasteiger partial charge in [-0.2, -0.15) is 0 Å². The van der Waals surface area contributed by atoms with E-state index in [9.17, 15) is 0 Å². The van der Waals surface area contributed by atoms with Crippen molar-refractivity contribution in [1.82, 2.24) is 0 Å². The van der Waals surface area contributed by atoms with E-state index in [0.29, 0.717) is 0 Å². The highest BCUT2D eigenvalue weighted by Crippen LogP contribution is 1.65. The summed E-state index contributed by atoms with van der Waals surface area (Å²) in [5.41, 5.74) is 0. The molecule has 0 nitrogen and oxygen atoms in total. The molecule has 0 aliphatic carbocycles. The summed E-state index contributed by atoms with van der Waals surface area (Å²) in [5.74, 6) is 0. The lowest BCUT2D eigenvalue weighted by atomic mass is 10.5. The topological polar surface area (TPSA) is 0 Å². The summed E-state index contributed by atoms with van der Waals surface area (Å²) in [4.78, 5) is 0. The van der Waals surface area contributed by atoms with Crippen molar-refractivity contribution in [3.05, 3.63) is 12.7 Å². The second kappa shape index (κ2) is 2.74. The standard InChI is InChI=1S/C4H7/c1-3-4-2/h1,3H,4H2,2H3. The summed E-state index contributed by atoms with van der Waals surface area (Å²) >= 11 is 0. The molecule has 0 aliphatic rings. The molecule has 0 amide bonds. The zero-order valence-corrected chi connectivity index (χ0v) is 2.86. The molecule has 0 heteroatoms. The van der Waals surface area contributed by atoms with Crippen LogP contribution in [0, 0.1) is 6.58 Å². The van der Waals surface area contributed by atoms with Crippen LogP contribution in [0.3, 0.4) is 0 Å². The minimum atomic E-state index is 0.972. The first kappa shape index (κ1) is 3.74. The fraction of sp³-hybridized carbons (Fsp3) is 0.500. The van der Waals surface area contributed by atoms with Gasteiger partial charge in [-0.1, -0.05) is 19.6 Å². The van der Waals surface area contributed by atoms with Gasteiger partial charge in [0.05, 0.1) is 0 Å². The fourth-order valence-corrected chi connectivity index (χ4v) is 0. The van der Waals surface area contributed by atoms with E-state index in [2.05, 4.69) is 0 Å². The summed E-state index contributed by atoms with van der Waals surface area (Å²) in [7, 11) is 0. The SMILES string of the molecule is [CH]=CCC. The normalized spacial score (nSPS) is 6.25. The van der Waals surface area contributed by atoms with E-state index in [4.69, 9.17) is 6.58 Å². The van der Waals surface area contributed by atoms with E-state index in [1.165, 1.54) is 0 Å². The van der Waals surface area contributed by atoms with Crippen LogP contribution in [-0.4, -0.2) is 0 Å². The number of hydrogen-bond acceptors (Lipinski definition) is 0. The van der Waals surface area contributed by atoms with Gasteiger partial charge in [-0.25, -0.2) is 0 Å². The summed E-state index contributed by atoms with van der Waals surface area (Å²) in [5, 5.41) is 0. The number of allylic oxidation sites excluding steroid dienone is 1. The van der Waals surface area contributed by atoms with Crippen molar-refractivity contribution >= 4 is 0 Å². The highest BCUT2D eigenvalue weighted by Gasteiger charge is 1.45. The van der Waals surface area contributed by atoms with Crippen molar-refractivity contribution in [2.45, 2.75) is 13.3 Å². The second-order valence-electron chi connectivity index (χ2n) is 0.644. The fourth-order valence-electron chi connectivity index (χ4n) is 0. The van der Waals surface area contributed by atoms with Crippen LogP contribution in [0.1, 0.15) is 13.3 Å². The summed E-state index contributed by atoms with van der Waals surface area (Å²) in [6, 6.07) is 0. The molecule has 0 atom stereocenters. The minimum absolute atomic E-state index is 0.972. The van der Waals surface area contributed by atoms with Crippen molar-refractivity contribution < 1.29 is 0 Å². The Hall–Kier alpha value is -0.260. The average Bonchev–Trinajstić information content (AvgIpc) is 1.37. The average molecular weight is 55.1 g/mol. The van der Waals surface area contributed by atoms with Crippen LogP contribution in [0.5, 0.6) is 0 Å². The Bertz CT molecular complexity index is 14.0. The molecular formula is C4H7. The van der Waals surface area contributed by atoms with Gasteiger partial charge in [-0.15, -0.1) is 0 Å². The molecule has 0 N–H and O–H groups in total. The summed E-state index contributed by atoms with van der Waals surface area (Å²) in [6.45, 7) is 6.90. The quantitative estimate of drug-likeness (QED) is 0.425. The molecule has 4 heavy (non-hydrogen) atoms. The molecule has 0 aromatic heterocycles. The van der Waals surface area contributed by atoms with Crippen LogP contribution in [0.25, 0.3) is 0 Å². The van der Waals surface area contributed by atoms with Gasteiger partial charge >= 0.3 is 0 Å². The van der Waals surface area contributed by atoms with Crippen LogP contribution >= 0.6 is 0 Å². The Morgan fingerprint density at radius 2 is 2.25 bits per heavy atom. The van der Waals surface area contributed by atoms with Gasteiger partial charge < -0.3 is 0 Å². The highest BCUT2D eigenvalue weighted by molar-refractivity contribution is 4.54. The van der Waals surface area contributed by atoms with Crippen molar-refractivity contribution in [2.75, 3.05) is 0 Å². The van der Waals surface area contributed by atoms with Crippen molar-refractivity contribution in [2.24, 2.45) is 0 Å². The zero-order valence-electron chi connectivity index (χ0n) is 2.86. The molecule has 0 saturated carbocycles. The molecule has 0 fully saturated rings. The highest BCUT2D eigenvalue weighted by atomic mass is 13.5. The van der Waals surface area contributed by atoms with Gasteiger partial charge in [0.15, 0.2) is 0 Å². The van der Waals surface area contributed by atoms with Gasteiger partial charge in [0, 0.05) is 0 Å². The Morgan fingerprint density at radius 1 is 2.00 bits per heavy atom. The largest absolute Gasteiger partial charge is 0.0848 e. The first-order valence-electron chi connectivity index (χ1n) is 1.45. The van der Waals surface area contributed by atoms with Gasteiger partial charge in [0.1, 0.15) is 0 Å². The van der Waals surface area contributed by atoms with Crippen LogP contribution in [0.15, 0.2) is 6.08 Å². The first-order valence-corrected chi connectivity index (χ1v) is 1.45. The number of hydrogen-bond donors (Lipinski definition) is 0. The van der Waals surface area contributed by atoms with Crippen molar-refractivity contribution in [3.8, 4) is 0 Å². The molecule has 0 aromatic rings. The maximum absolute atomic E-state index is 4.90. The maximum Gasteiger partial charge on any atom is -0.0376 e. The molecule has 0 bridgehead atoms. The predicted octanol–water partition coefficient (Wildman–Crippen LogP) is 1.39. The van der Waals surface area contributed by atoms with E-state index in [0.717, 1.165) is 6.42 Å². The lowest BCUT2D eigenvalue weighted by Gasteiger charge is -1.57. The molecule has 0 aromatic carbocycles. The maximum atomic E-state index is 4.90. The van der Waals surface area contributed by atoms with Crippen LogP contribution in [-0.2, 0) is 0 Å². The van der Waals surface area contributed by atoms with E-state index < -0.39 is 0 Å². The molecular weight excluding hydrogens is 48.0 g/mol. The molecule has 0 spiro atoms. The van der Waals surface area contributed by atoms with Crippen LogP contribution in [0.4, 0.5) is 0 Å². The minimum Gasteiger partial charge on any atom is -0.0848 e. The summed E-state index contributed by atoms with van der Waals surface area (Å²) < 4.78 is 0. The molecule has 0 heterocycles. The molecule has 0 rings (SSSR count). The van der Waals surface area contributed by atoms with Crippen LogP contribution < -0.4 is 0 Å². The third-order valence-corrected chi connectivity index (χ3v) is 0.236. The third kappa shape index (κ3) is 1.74. The molecule has 0 aliphatic heterocycles. The van der Waals surface area contributed by atoms with Crippen molar-refractivity contribution in [1.29, 1.82) is 0 Å². The van der Waals surface area contributed by atoms with Gasteiger partial charge in [0.2, 0.25) is 0 Å². The second-order valence-corrected chi connectivity index (χ2v) is 0.644. The van der Waals surface area contributed by atoms with Crippen LogP contribution in [0.2, 0.25) is 0 Å². The van der Waals surface area contributed by atoms with Crippen molar-refractivity contribution in [3.63, 3.8) is 0 Å². The third-order valence-electron chi connectivity index (χ3n) is 0.236. The zero-order chi connectivity index (χ0) is 3.41. The van der Waals surface area contributed by atoms with E-state index >= 15 is 0 Å². The Morgan fingerprint density at radius 3 is 2.25 bits per heavy atom. The van der Waals surface area contributed by atoms with Gasteiger partial charge in [-0.3, -0.25) is 0 Å². The number of rotatable bonds is 1. The molecule has 1 radical (unpaired) electrons. The molecule has 0 saturated heterocycles. The van der Waals surface area contributed by atoms with E-state index in [-0.39, 0.29) is 0 Å². The summed E-state index contributed by atoms with van der Waals surface area (Å²) in [6.07, 6.45) is 2.60. The van der Waals surface area contributed by atoms with E-state index in [1.807, 2.05) is 6.92 Å². The van der Waals surface area contributed by atoms with E-state index in [1.54, 1.807) is 6.08 Å². The Labute approximate surface area is 27.1 Å². The van der Waals surface area contributed by atoms with Gasteiger partial charge in [0.25, 0.3) is 0 Å². The first-order chi connectivity index (χ1) is 1.91. The lowest BCUT2D eigenvalue weighted by molar-refractivity contribution is 1.23. The Kier molecular flexibility index (Phi) is 2.56. The lowest BCUT2D eigenvalue weighted by Crippen LogP contribution is -1.37. The smallest absolute Gasteiger partial charge is 0.0376 e. The predicted molar refractivity (Wildman–Crippen MR) is 19.2 cm³/mol. The van der Waals surface area contributed by atoms with Gasteiger partial charge in [-0.05, 0) is 6.42 Å². The Balaban J connectivity index is 2.30. The monoisotopic (exact) mass is 55.1 g/mol. The molecule has 23 valence electrons. The molecule has 0 unspecified atom stereocenters.